The Morgan fingerprint density at radius 2 is 1.30 bits per heavy atom. The van der Waals surface area contributed by atoms with Gasteiger partial charge in [0.15, 0.2) is 4.58 Å². The summed E-state index contributed by atoms with van der Waals surface area (Å²) in [4.78, 5) is 0. The molecule has 10 heavy (non-hydrogen) atoms. The van der Waals surface area contributed by atoms with E-state index in [0.29, 0.717) is 0 Å². The molecule has 0 aliphatic carbocycles. The van der Waals surface area contributed by atoms with Crippen LogP contribution in [-0.4, -0.2) is 4.58 Å². The van der Waals surface area contributed by atoms with Gasteiger partial charge in [0, 0.05) is 0 Å². The van der Waals surface area contributed by atoms with E-state index in [4.69, 9.17) is 0 Å². The van der Waals surface area contributed by atoms with Crippen molar-refractivity contribution in [2.24, 2.45) is 0 Å². The molecule has 0 nitrogen and oxygen atoms in total. The topological polar surface area (TPSA) is 0 Å². The molecule has 0 rings (SSSR count). The first kappa shape index (κ1) is 11.1. The molecule has 0 aromatic carbocycles. The van der Waals surface area contributed by atoms with Gasteiger partial charge in [0.05, 0.1) is 48.6 Å². The van der Waals surface area contributed by atoms with Crippen molar-refractivity contribution < 1.29 is 15.5 Å². The lowest BCUT2D eigenvalue weighted by molar-refractivity contribution is 0.899. The van der Waals surface area contributed by atoms with Crippen LogP contribution in [0.3, 0.4) is 0 Å². The van der Waals surface area contributed by atoms with Crippen LogP contribution >= 0.6 is 48.6 Å². The SMILES string of the molecule is FS[C](SF)C(SF)SF. The van der Waals surface area contributed by atoms with Gasteiger partial charge in [0.2, 0.25) is 0 Å². The highest BCUT2D eigenvalue weighted by Gasteiger charge is 2.28. The zero-order valence-electron chi connectivity index (χ0n) is 4.22. The maximum absolute atomic E-state index is 11.6. The maximum Gasteiger partial charge on any atom is 0.180 e. The molecule has 0 aliphatic heterocycles. The number of rotatable bonds is 5. The van der Waals surface area contributed by atoms with Crippen molar-refractivity contribution in [1.82, 2.24) is 0 Å². The third kappa shape index (κ3) is 3.49. The average Bonchev–Trinajstić information content (AvgIpc) is 2.00. The van der Waals surface area contributed by atoms with E-state index >= 15 is 0 Å². The first-order valence-corrected chi connectivity index (χ1v) is 4.78. The Morgan fingerprint density at radius 1 is 0.900 bits per heavy atom. The van der Waals surface area contributed by atoms with E-state index in [-0.39, 0.29) is 0 Å². The smallest absolute Gasteiger partial charge is 0.164 e. The average molecular weight is 229 g/mol. The second-order valence-corrected chi connectivity index (χ2v) is 4.03. The molecule has 0 heterocycles. The van der Waals surface area contributed by atoms with Crippen LogP contribution in [0.4, 0.5) is 15.5 Å². The predicted octanol–water partition coefficient (Wildman–Crippen LogP) is 4.27. The predicted molar refractivity (Wildman–Crippen MR) is 41.8 cm³/mol. The lowest BCUT2D eigenvalue weighted by Gasteiger charge is -2.07. The fraction of sp³-hybridized carbons (Fsp3) is 0.500. The maximum atomic E-state index is 11.6. The molecular formula is C2HF4S4. The monoisotopic (exact) mass is 229 g/mol. The van der Waals surface area contributed by atoms with Crippen molar-refractivity contribution in [1.29, 1.82) is 0 Å². The lowest BCUT2D eigenvalue weighted by atomic mass is 10.9. The summed E-state index contributed by atoms with van der Waals surface area (Å²) in [6.07, 6.45) is 0. The zero-order valence-corrected chi connectivity index (χ0v) is 7.49. The quantitative estimate of drug-likeness (QED) is 0.509. The van der Waals surface area contributed by atoms with Crippen LogP contribution in [0.25, 0.3) is 0 Å². The third-order valence-corrected chi connectivity index (χ3v) is 3.49. The number of hydrogen-bond acceptors (Lipinski definition) is 4. The summed E-state index contributed by atoms with van der Waals surface area (Å²) in [6, 6.07) is 0. The Labute approximate surface area is 73.4 Å². The highest BCUT2D eigenvalue weighted by Crippen LogP contribution is 2.47. The normalized spacial score (nSPS) is 11.4. The van der Waals surface area contributed by atoms with E-state index in [9.17, 15) is 15.5 Å². The van der Waals surface area contributed by atoms with Gasteiger partial charge in [-0.3, -0.25) is 0 Å². The number of halogens is 4. The van der Waals surface area contributed by atoms with Crippen molar-refractivity contribution in [3.63, 3.8) is 0 Å². The van der Waals surface area contributed by atoms with Crippen molar-refractivity contribution in [3.8, 4) is 0 Å². The van der Waals surface area contributed by atoms with Crippen molar-refractivity contribution in [2.75, 3.05) is 0 Å². The van der Waals surface area contributed by atoms with Gasteiger partial charge in [-0.05, 0) is 0 Å². The van der Waals surface area contributed by atoms with E-state index in [1.54, 1.807) is 0 Å². The molecule has 0 fully saturated rings. The van der Waals surface area contributed by atoms with Crippen molar-refractivity contribution in [2.45, 2.75) is 4.58 Å². The molecule has 0 unspecified atom stereocenters. The largest absolute Gasteiger partial charge is 0.180 e. The molecule has 0 aliphatic rings. The number of hydrogen-bond donors (Lipinski definition) is 0. The Balaban J connectivity index is 3.70. The fourth-order valence-corrected chi connectivity index (χ4v) is 1.54. The molecular weight excluding hydrogens is 228 g/mol. The highest BCUT2D eigenvalue weighted by molar-refractivity contribution is 8.21. The molecule has 0 atom stereocenters. The molecule has 0 aromatic heterocycles. The minimum Gasteiger partial charge on any atom is -0.164 e. The Hall–Kier alpha value is 1.12. The Kier molecular flexibility index (Phi) is 7.57. The lowest BCUT2D eigenvalue weighted by Crippen LogP contribution is -1.98. The van der Waals surface area contributed by atoms with Crippen molar-refractivity contribution in [3.05, 3.63) is 4.58 Å². The van der Waals surface area contributed by atoms with Crippen molar-refractivity contribution >= 4 is 48.6 Å². The van der Waals surface area contributed by atoms with E-state index in [1.165, 1.54) is 0 Å². The molecule has 0 aromatic rings. The Morgan fingerprint density at radius 3 is 1.40 bits per heavy atom. The summed E-state index contributed by atoms with van der Waals surface area (Å²) in [6.45, 7) is 0. The minimum absolute atomic E-state index is 0.444. The first-order chi connectivity index (χ1) is 4.79. The molecule has 0 spiro atoms. The minimum atomic E-state index is -1.43. The van der Waals surface area contributed by atoms with Crippen LogP contribution in [-0.2, 0) is 0 Å². The third-order valence-electron chi connectivity index (χ3n) is 0.506. The molecule has 0 saturated carbocycles. The molecule has 0 amide bonds. The van der Waals surface area contributed by atoms with Gasteiger partial charge in [0.25, 0.3) is 0 Å². The highest BCUT2D eigenvalue weighted by atomic mass is 32.3. The summed E-state index contributed by atoms with van der Waals surface area (Å²) >= 11 is -1.87. The van der Waals surface area contributed by atoms with Crippen LogP contribution in [0, 0.1) is 4.58 Å². The fourth-order valence-electron chi connectivity index (χ4n) is 0.171. The van der Waals surface area contributed by atoms with Gasteiger partial charge < -0.3 is 0 Å². The molecule has 8 heteroatoms. The van der Waals surface area contributed by atoms with Gasteiger partial charge >= 0.3 is 0 Å². The van der Waals surface area contributed by atoms with Gasteiger partial charge in [0.1, 0.15) is 4.58 Å². The van der Waals surface area contributed by atoms with E-state index in [2.05, 4.69) is 0 Å². The Bertz CT molecular complexity index is 63.7. The molecule has 0 bridgehead atoms. The standard InChI is InChI=1S/C2HF4S4/c3-7-1(8-4)2(9-5)10-6/h1H. The zero-order chi connectivity index (χ0) is 7.98. The molecule has 0 saturated heterocycles. The molecule has 61 valence electrons. The first-order valence-electron chi connectivity index (χ1n) is 1.79. The van der Waals surface area contributed by atoms with Gasteiger partial charge in [-0.25, -0.2) is 0 Å². The molecule has 1 radical (unpaired) electrons. The van der Waals surface area contributed by atoms with Crippen LogP contribution in [0.15, 0.2) is 0 Å². The second-order valence-electron chi connectivity index (χ2n) is 0.983. The summed E-state index contributed by atoms with van der Waals surface area (Å²) in [7, 11) is 0. The van der Waals surface area contributed by atoms with Gasteiger partial charge in [-0.1, -0.05) is 0 Å². The summed E-state index contributed by atoms with van der Waals surface area (Å²) in [5.41, 5.74) is 0. The van der Waals surface area contributed by atoms with Crippen LogP contribution < -0.4 is 0 Å². The van der Waals surface area contributed by atoms with Gasteiger partial charge in [-0.15, -0.1) is 0 Å². The second kappa shape index (κ2) is 6.81. The summed E-state index contributed by atoms with van der Waals surface area (Å²) in [5, 5.41) is 0. The van der Waals surface area contributed by atoms with Crippen LogP contribution in [0.5, 0.6) is 0 Å². The van der Waals surface area contributed by atoms with E-state index < -0.39 is 57.8 Å². The summed E-state index contributed by atoms with van der Waals surface area (Å²) in [5.74, 6) is 0. The van der Waals surface area contributed by atoms with E-state index in [1.807, 2.05) is 0 Å². The van der Waals surface area contributed by atoms with Crippen LogP contribution in [0.2, 0.25) is 0 Å². The molecule has 0 N–H and O–H groups in total. The van der Waals surface area contributed by atoms with E-state index in [0.717, 1.165) is 0 Å². The summed E-state index contributed by atoms with van der Waals surface area (Å²) < 4.78 is 44.2. The van der Waals surface area contributed by atoms with Gasteiger partial charge in [-0.2, -0.15) is 15.5 Å². The van der Waals surface area contributed by atoms with Crippen LogP contribution in [0.1, 0.15) is 0 Å².